The lowest BCUT2D eigenvalue weighted by Gasteiger charge is -2.37. The van der Waals surface area contributed by atoms with Crippen LogP contribution in [-0.4, -0.2) is 77.7 Å². The minimum atomic E-state index is -4.64. The zero-order valence-electron chi connectivity index (χ0n) is 25.6. The Morgan fingerprint density at radius 2 is 1.78 bits per heavy atom. The molecule has 5 rings (SSSR count). The zero-order valence-corrected chi connectivity index (χ0v) is 25.6. The number of ether oxygens (including phenoxy) is 1. The average Bonchev–Trinajstić information content (AvgIpc) is 3.57. The number of alkyl halides is 3. The molecule has 2 aromatic carbocycles. The molecule has 45 heavy (non-hydrogen) atoms. The molecule has 0 saturated carbocycles. The Bertz CT molecular complexity index is 1580. The van der Waals surface area contributed by atoms with Gasteiger partial charge in [0.2, 0.25) is 5.96 Å². The van der Waals surface area contributed by atoms with Crippen molar-refractivity contribution in [3.8, 4) is 5.75 Å². The molecule has 0 unspecified atom stereocenters. The van der Waals surface area contributed by atoms with Gasteiger partial charge in [-0.1, -0.05) is 6.07 Å². The van der Waals surface area contributed by atoms with Crippen LogP contribution in [0.15, 0.2) is 52.7 Å². The number of aromatic nitrogens is 2. The second-order valence-corrected chi connectivity index (χ2v) is 11.2. The first-order valence-corrected chi connectivity index (χ1v) is 14.9. The Kier molecular flexibility index (Phi) is 9.66. The molecule has 2 aliphatic heterocycles. The van der Waals surface area contributed by atoms with Gasteiger partial charge in [-0.2, -0.15) is 13.2 Å². The predicted octanol–water partition coefficient (Wildman–Crippen LogP) is 6.37. The van der Waals surface area contributed by atoms with E-state index in [4.69, 9.17) is 9.73 Å². The molecular weight excluding hydrogens is 585 g/mol. The van der Waals surface area contributed by atoms with Crippen LogP contribution in [-0.2, 0) is 6.18 Å². The third-order valence-electron chi connectivity index (χ3n) is 8.28. The van der Waals surface area contributed by atoms with Gasteiger partial charge in [-0.25, -0.2) is 20.0 Å². The first kappa shape index (κ1) is 31.9. The van der Waals surface area contributed by atoms with Gasteiger partial charge in [0.1, 0.15) is 17.8 Å². The van der Waals surface area contributed by atoms with E-state index in [9.17, 15) is 18.0 Å². The molecule has 13 heteroatoms. The molecule has 0 bridgehead atoms. The molecule has 2 fully saturated rings. The fourth-order valence-corrected chi connectivity index (χ4v) is 5.77. The number of carbonyl (C=O) groups is 1. The predicted molar refractivity (Wildman–Crippen MR) is 169 cm³/mol. The summed E-state index contributed by atoms with van der Waals surface area (Å²) in [5.41, 5.74) is 1.75. The van der Waals surface area contributed by atoms with Crippen LogP contribution in [0, 0.1) is 13.8 Å². The van der Waals surface area contributed by atoms with Crippen LogP contribution >= 0.6 is 0 Å². The average molecular weight is 623 g/mol. The van der Waals surface area contributed by atoms with Crippen molar-refractivity contribution in [3.05, 3.63) is 65.1 Å². The topological polar surface area (TPSA) is 107 Å². The van der Waals surface area contributed by atoms with Crippen LogP contribution in [0.25, 0.3) is 0 Å². The van der Waals surface area contributed by atoms with E-state index in [2.05, 4.69) is 42.1 Å². The van der Waals surface area contributed by atoms with Gasteiger partial charge in [0.05, 0.1) is 18.4 Å². The molecule has 1 aromatic heterocycles. The van der Waals surface area contributed by atoms with Crippen molar-refractivity contribution in [2.45, 2.75) is 51.7 Å². The van der Waals surface area contributed by atoms with Gasteiger partial charge in [-0.15, -0.1) is 0 Å². The van der Waals surface area contributed by atoms with Crippen LogP contribution in [0.3, 0.4) is 0 Å². The van der Waals surface area contributed by atoms with Crippen molar-refractivity contribution < 1.29 is 22.7 Å². The number of benzene rings is 2. The Morgan fingerprint density at radius 3 is 2.44 bits per heavy atom. The normalized spacial score (nSPS) is 16.5. The van der Waals surface area contributed by atoms with Crippen molar-refractivity contribution in [2.75, 3.05) is 43.9 Å². The van der Waals surface area contributed by atoms with Gasteiger partial charge in [0.15, 0.2) is 5.82 Å². The van der Waals surface area contributed by atoms with Crippen LogP contribution in [0.2, 0.25) is 0 Å². The van der Waals surface area contributed by atoms with E-state index in [-0.39, 0.29) is 17.0 Å². The fraction of sp³-hybridized carbons (Fsp3) is 0.406. The smallest absolute Gasteiger partial charge is 0.420 e. The van der Waals surface area contributed by atoms with Gasteiger partial charge < -0.3 is 25.2 Å². The molecular formula is C32H37F3N8O2. The molecule has 10 nitrogen and oxygen atoms in total. The van der Waals surface area contributed by atoms with E-state index in [1.54, 1.807) is 18.2 Å². The number of amides is 1. The monoisotopic (exact) mass is 622 g/mol. The summed E-state index contributed by atoms with van der Waals surface area (Å²) >= 11 is 0. The minimum Gasteiger partial charge on any atom is -0.496 e. The molecule has 238 valence electrons. The highest BCUT2D eigenvalue weighted by Gasteiger charge is 2.35. The second-order valence-electron chi connectivity index (χ2n) is 11.2. The molecule has 0 radical (unpaired) electrons. The lowest BCUT2D eigenvalue weighted by atomic mass is 10.0. The van der Waals surface area contributed by atoms with E-state index in [1.807, 2.05) is 13.8 Å². The summed E-state index contributed by atoms with van der Waals surface area (Å²) in [5, 5.41) is 5.82. The number of aryl methyl sites for hydroxylation is 2. The van der Waals surface area contributed by atoms with Crippen molar-refractivity contribution >= 4 is 41.5 Å². The number of rotatable bonds is 7. The molecule has 1 amide bonds. The third-order valence-corrected chi connectivity index (χ3v) is 8.28. The highest BCUT2D eigenvalue weighted by atomic mass is 19.4. The Labute approximate surface area is 260 Å². The van der Waals surface area contributed by atoms with E-state index < -0.39 is 17.6 Å². The van der Waals surface area contributed by atoms with Crippen molar-refractivity contribution in [1.29, 1.82) is 0 Å². The maximum atomic E-state index is 13.5. The second kappa shape index (κ2) is 13.6. The fourth-order valence-electron chi connectivity index (χ4n) is 5.77. The van der Waals surface area contributed by atoms with Gasteiger partial charge in [0.25, 0.3) is 5.91 Å². The van der Waals surface area contributed by atoms with Crippen LogP contribution in [0.4, 0.5) is 36.1 Å². The molecule has 3 aromatic rings. The summed E-state index contributed by atoms with van der Waals surface area (Å²) in [6.45, 7) is 11.4. The van der Waals surface area contributed by atoms with Crippen molar-refractivity contribution in [1.82, 2.24) is 19.8 Å². The lowest BCUT2D eigenvalue weighted by molar-refractivity contribution is -0.138. The molecule has 0 spiro atoms. The van der Waals surface area contributed by atoms with Crippen molar-refractivity contribution in [3.63, 3.8) is 0 Å². The molecule has 2 saturated heterocycles. The number of hydrogen-bond donors (Lipinski definition) is 2. The SMILES string of the molecule is C=N/C(=N\c1c(C)ncnc1Nc1cc(C(=O)Nc2ccc(OC)c(C(F)(F)F)c2)ccc1C)N1CCC(N2CCCC2)CC1. The van der Waals surface area contributed by atoms with Crippen LogP contribution in [0.5, 0.6) is 5.75 Å². The Morgan fingerprint density at radius 1 is 1.04 bits per heavy atom. The van der Waals surface area contributed by atoms with Gasteiger partial charge in [-0.05, 0) is 95.2 Å². The highest BCUT2D eigenvalue weighted by Crippen LogP contribution is 2.38. The first-order valence-electron chi connectivity index (χ1n) is 14.9. The third kappa shape index (κ3) is 7.42. The van der Waals surface area contributed by atoms with E-state index >= 15 is 0 Å². The number of nitrogens with zero attached hydrogens (tertiary/aromatic N) is 6. The summed E-state index contributed by atoms with van der Waals surface area (Å²) in [5.74, 6) is 0.00542. The molecule has 0 atom stereocenters. The summed E-state index contributed by atoms with van der Waals surface area (Å²) < 4.78 is 45.3. The van der Waals surface area contributed by atoms with Gasteiger partial charge in [-0.3, -0.25) is 4.79 Å². The van der Waals surface area contributed by atoms with Crippen LogP contribution in [0.1, 0.15) is 52.9 Å². The number of guanidine groups is 1. The van der Waals surface area contributed by atoms with Crippen LogP contribution < -0.4 is 15.4 Å². The molecule has 2 N–H and O–H groups in total. The quantitative estimate of drug-likeness (QED) is 0.233. The number of nitrogens with one attached hydrogen (secondary N) is 2. The summed E-state index contributed by atoms with van der Waals surface area (Å²) in [7, 11) is 1.16. The highest BCUT2D eigenvalue weighted by molar-refractivity contribution is 6.05. The van der Waals surface area contributed by atoms with E-state index in [1.165, 1.54) is 44.4 Å². The molecule has 2 aliphatic rings. The Hall–Kier alpha value is -4.52. The van der Waals surface area contributed by atoms with Gasteiger partial charge in [0, 0.05) is 36.1 Å². The number of aliphatic imine (C=N–C) groups is 2. The number of likely N-dealkylation sites (tertiary alicyclic amines) is 2. The molecule has 0 aliphatic carbocycles. The van der Waals surface area contributed by atoms with E-state index in [0.29, 0.717) is 34.9 Å². The first-order chi connectivity index (χ1) is 21.6. The summed E-state index contributed by atoms with van der Waals surface area (Å²) in [6.07, 6.45) is 1.38. The zero-order chi connectivity index (χ0) is 32.1. The number of methoxy groups -OCH3 is 1. The molecule has 3 heterocycles. The van der Waals surface area contributed by atoms with Gasteiger partial charge >= 0.3 is 6.18 Å². The summed E-state index contributed by atoms with van der Waals surface area (Å²) in [4.78, 5) is 35.7. The maximum absolute atomic E-state index is 13.5. The largest absolute Gasteiger partial charge is 0.496 e. The van der Waals surface area contributed by atoms with E-state index in [0.717, 1.165) is 44.7 Å². The summed E-state index contributed by atoms with van der Waals surface area (Å²) in [6, 6.07) is 8.90. The Balaban J connectivity index is 1.35. The number of anilines is 3. The standard InChI is InChI=1S/C32H37F3N8O2/c1-20-7-8-22(30(44)39-23-9-10-27(45-4)25(18-23)32(33,34)35)17-26(20)40-29-28(21(2)37-19-38-29)41-31(36-3)43-15-11-24(12-16-43)42-13-5-6-14-42/h7-10,17-19,24H,3,5-6,11-16H2,1-2,4H3,(H,39,44)(H,37,38,40)/b41-31+. The van der Waals surface area contributed by atoms with Crippen molar-refractivity contribution in [2.24, 2.45) is 9.98 Å². The minimum absolute atomic E-state index is 0.0137. The number of piperidine rings is 1. The number of halogens is 3. The number of carbonyl (C=O) groups excluding carboxylic acids is 1. The number of hydrogen-bond acceptors (Lipinski definition) is 7. The maximum Gasteiger partial charge on any atom is 0.420 e. The lowest BCUT2D eigenvalue weighted by Crippen LogP contribution is -2.45.